The van der Waals surface area contributed by atoms with Gasteiger partial charge in [0.25, 0.3) is 5.91 Å². The first-order valence-corrected chi connectivity index (χ1v) is 10.2. The molecule has 29 heavy (non-hydrogen) atoms. The Hall–Kier alpha value is -2.70. The number of imide groups is 1. The first kappa shape index (κ1) is 22.6. The lowest BCUT2D eigenvalue weighted by atomic mass is 9.96. The number of nitrogens with one attached hydrogen (secondary N) is 2. The molecule has 1 saturated carbocycles. The molecule has 0 unspecified atom stereocenters. The Labute approximate surface area is 171 Å². The Morgan fingerprint density at radius 1 is 1.03 bits per heavy atom. The highest BCUT2D eigenvalue weighted by Gasteiger charge is 2.22. The van der Waals surface area contributed by atoms with Crippen molar-refractivity contribution in [1.82, 2.24) is 10.6 Å². The minimum absolute atomic E-state index is 0.00214. The molecule has 7 nitrogen and oxygen atoms in total. The number of carbonyl (C=O) groups is 4. The van der Waals surface area contributed by atoms with Crippen LogP contribution >= 0.6 is 0 Å². The number of aryl methyl sites for hydroxylation is 2. The third kappa shape index (κ3) is 7.33. The van der Waals surface area contributed by atoms with Gasteiger partial charge in [0.05, 0.1) is 6.42 Å². The first-order valence-electron chi connectivity index (χ1n) is 10.2. The van der Waals surface area contributed by atoms with Gasteiger partial charge in [0, 0.05) is 18.0 Å². The van der Waals surface area contributed by atoms with Crippen molar-refractivity contribution in [2.24, 2.45) is 0 Å². The van der Waals surface area contributed by atoms with E-state index in [0.29, 0.717) is 5.56 Å². The predicted octanol–water partition coefficient (Wildman–Crippen LogP) is 3.36. The quantitative estimate of drug-likeness (QED) is 0.538. The maximum Gasteiger partial charge on any atom is 0.321 e. The summed E-state index contributed by atoms with van der Waals surface area (Å²) < 4.78 is 5.05. The maximum absolute atomic E-state index is 12.2. The number of hydrogen-bond donors (Lipinski definition) is 2. The molecule has 7 heteroatoms. The fourth-order valence-electron chi connectivity index (χ4n) is 3.27. The smallest absolute Gasteiger partial charge is 0.321 e. The van der Waals surface area contributed by atoms with E-state index < -0.39 is 24.0 Å². The molecule has 0 bridgehead atoms. The Bertz CT molecular complexity index is 768. The van der Waals surface area contributed by atoms with Crippen molar-refractivity contribution in [3.8, 4) is 0 Å². The Morgan fingerprint density at radius 3 is 2.38 bits per heavy atom. The van der Waals surface area contributed by atoms with Gasteiger partial charge in [-0.05, 0) is 50.8 Å². The zero-order valence-corrected chi connectivity index (χ0v) is 17.4. The summed E-state index contributed by atoms with van der Waals surface area (Å²) in [5.41, 5.74) is 2.65. The standard InChI is InChI=1S/C22H30N2O5/c1-14-9-10-17(13-15(14)2)19(25)11-12-20(26)29-16(3)21(27)24-22(28)23-18-7-5-4-6-8-18/h9-10,13,16,18H,4-8,11-12H2,1-3H3,(H2,23,24,27,28)/t16-/m1/s1. The third-order valence-electron chi connectivity index (χ3n) is 5.24. The van der Waals surface area contributed by atoms with Gasteiger partial charge in [-0.2, -0.15) is 0 Å². The van der Waals surface area contributed by atoms with Crippen LogP contribution in [0.5, 0.6) is 0 Å². The van der Waals surface area contributed by atoms with Crippen molar-refractivity contribution in [3.63, 3.8) is 0 Å². The van der Waals surface area contributed by atoms with Crippen LogP contribution in [-0.2, 0) is 14.3 Å². The van der Waals surface area contributed by atoms with E-state index >= 15 is 0 Å². The van der Waals surface area contributed by atoms with Gasteiger partial charge < -0.3 is 10.1 Å². The van der Waals surface area contributed by atoms with E-state index in [4.69, 9.17) is 4.74 Å². The number of carbonyl (C=O) groups excluding carboxylic acids is 4. The molecule has 158 valence electrons. The van der Waals surface area contributed by atoms with Crippen molar-refractivity contribution in [2.75, 3.05) is 0 Å². The van der Waals surface area contributed by atoms with Crippen LogP contribution in [-0.4, -0.2) is 35.8 Å². The summed E-state index contributed by atoms with van der Waals surface area (Å²) in [6.45, 7) is 5.28. The van der Waals surface area contributed by atoms with E-state index in [1.165, 1.54) is 6.92 Å². The average molecular weight is 402 g/mol. The molecule has 1 aromatic rings. The summed E-state index contributed by atoms with van der Waals surface area (Å²) in [6, 6.07) is 4.90. The second-order valence-corrected chi connectivity index (χ2v) is 7.65. The largest absolute Gasteiger partial charge is 0.453 e. The summed E-state index contributed by atoms with van der Waals surface area (Å²) in [7, 11) is 0. The van der Waals surface area contributed by atoms with Crippen molar-refractivity contribution in [1.29, 1.82) is 0 Å². The first-order chi connectivity index (χ1) is 13.8. The Kier molecular flexibility index (Phi) is 8.36. The van der Waals surface area contributed by atoms with Gasteiger partial charge in [0.1, 0.15) is 0 Å². The van der Waals surface area contributed by atoms with E-state index in [1.807, 2.05) is 19.9 Å². The van der Waals surface area contributed by atoms with Gasteiger partial charge >= 0.3 is 12.0 Å². The van der Waals surface area contributed by atoms with E-state index in [0.717, 1.165) is 43.2 Å². The molecule has 0 aliphatic heterocycles. The number of amides is 3. The molecular weight excluding hydrogens is 372 g/mol. The van der Waals surface area contributed by atoms with E-state index in [9.17, 15) is 19.2 Å². The van der Waals surface area contributed by atoms with Crippen LogP contribution in [0.25, 0.3) is 0 Å². The Morgan fingerprint density at radius 2 is 1.72 bits per heavy atom. The SMILES string of the molecule is Cc1ccc(C(=O)CCC(=O)O[C@H](C)C(=O)NC(=O)NC2CCCCC2)cc1C. The topological polar surface area (TPSA) is 102 Å². The summed E-state index contributed by atoms with van der Waals surface area (Å²) in [5, 5.41) is 4.97. The van der Waals surface area contributed by atoms with Crippen molar-refractivity contribution < 1.29 is 23.9 Å². The van der Waals surface area contributed by atoms with Gasteiger partial charge in [-0.1, -0.05) is 31.4 Å². The number of esters is 1. The van der Waals surface area contributed by atoms with Gasteiger partial charge in [0.15, 0.2) is 11.9 Å². The van der Waals surface area contributed by atoms with Crippen molar-refractivity contribution >= 4 is 23.7 Å². The van der Waals surface area contributed by atoms with Gasteiger partial charge in [-0.25, -0.2) is 4.79 Å². The molecule has 0 aromatic heterocycles. The zero-order chi connectivity index (χ0) is 21.4. The zero-order valence-electron chi connectivity index (χ0n) is 17.4. The molecule has 1 aliphatic carbocycles. The molecule has 1 aromatic carbocycles. The van der Waals surface area contributed by atoms with Gasteiger partial charge in [-0.3, -0.25) is 19.7 Å². The number of rotatable bonds is 7. The number of benzene rings is 1. The van der Waals surface area contributed by atoms with E-state index in [-0.39, 0.29) is 24.7 Å². The highest BCUT2D eigenvalue weighted by Crippen LogP contribution is 2.17. The molecule has 1 aliphatic rings. The van der Waals surface area contributed by atoms with Crippen molar-refractivity contribution in [3.05, 3.63) is 34.9 Å². The predicted molar refractivity (Wildman–Crippen MR) is 109 cm³/mol. The van der Waals surface area contributed by atoms with Crippen LogP contribution in [0, 0.1) is 13.8 Å². The van der Waals surface area contributed by atoms with Crippen LogP contribution in [0.4, 0.5) is 4.79 Å². The van der Waals surface area contributed by atoms with Crippen LogP contribution in [0.2, 0.25) is 0 Å². The average Bonchev–Trinajstić information content (AvgIpc) is 2.68. The lowest BCUT2D eigenvalue weighted by molar-refractivity contribution is -0.154. The van der Waals surface area contributed by atoms with Crippen LogP contribution in [0.15, 0.2) is 18.2 Å². The number of hydrogen-bond acceptors (Lipinski definition) is 5. The molecule has 0 spiro atoms. The molecule has 0 heterocycles. The number of Topliss-reactive ketones (excluding diaryl/α,β-unsaturated/α-hetero) is 1. The summed E-state index contributed by atoms with van der Waals surface area (Å²) in [6.07, 6.45) is 3.85. The lowest BCUT2D eigenvalue weighted by Gasteiger charge is -2.23. The number of urea groups is 1. The molecule has 2 N–H and O–H groups in total. The fourth-order valence-corrected chi connectivity index (χ4v) is 3.27. The molecule has 3 amide bonds. The van der Waals surface area contributed by atoms with Gasteiger partial charge in [0.2, 0.25) is 0 Å². The van der Waals surface area contributed by atoms with Gasteiger partial charge in [-0.15, -0.1) is 0 Å². The molecule has 0 radical (unpaired) electrons. The monoisotopic (exact) mass is 402 g/mol. The second-order valence-electron chi connectivity index (χ2n) is 7.65. The van der Waals surface area contributed by atoms with Crippen LogP contribution in [0.3, 0.4) is 0 Å². The molecule has 1 fully saturated rings. The third-order valence-corrected chi connectivity index (χ3v) is 5.24. The number of ketones is 1. The molecule has 0 saturated heterocycles. The maximum atomic E-state index is 12.2. The van der Waals surface area contributed by atoms with E-state index in [2.05, 4.69) is 10.6 Å². The fraction of sp³-hybridized carbons (Fsp3) is 0.545. The molecular formula is C22H30N2O5. The minimum atomic E-state index is -1.11. The summed E-state index contributed by atoms with van der Waals surface area (Å²) in [4.78, 5) is 48.1. The summed E-state index contributed by atoms with van der Waals surface area (Å²) >= 11 is 0. The highest BCUT2D eigenvalue weighted by molar-refractivity contribution is 5.99. The van der Waals surface area contributed by atoms with Crippen LogP contribution < -0.4 is 10.6 Å². The van der Waals surface area contributed by atoms with E-state index in [1.54, 1.807) is 12.1 Å². The normalized spacial score (nSPS) is 15.3. The summed E-state index contributed by atoms with van der Waals surface area (Å²) in [5.74, 6) is -1.50. The Balaban J connectivity index is 1.72. The van der Waals surface area contributed by atoms with Crippen LogP contribution in [0.1, 0.15) is 73.4 Å². The highest BCUT2D eigenvalue weighted by atomic mass is 16.5. The second kappa shape index (κ2) is 10.7. The molecule has 2 rings (SSSR count). The lowest BCUT2D eigenvalue weighted by Crippen LogP contribution is -2.48. The minimum Gasteiger partial charge on any atom is -0.453 e. The van der Waals surface area contributed by atoms with Crippen molar-refractivity contribution in [2.45, 2.75) is 77.9 Å². The number of ether oxygens (including phenoxy) is 1. The molecule has 1 atom stereocenters.